The summed E-state index contributed by atoms with van der Waals surface area (Å²) in [5.41, 5.74) is 7.27. The van der Waals surface area contributed by atoms with Crippen LogP contribution in [0, 0.1) is 5.92 Å². The van der Waals surface area contributed by atoms with E-state index >= 15 is 0 Å². The van der Waals surface area contributed by atoms with E-state index in [1.165, 1.54) is 19.3 Å². The Bertz CT molecular complexity index is 544. The van der Waals surface area contributed by atoms with E-state index in [0.29, 0.717) is 5.65 Å². The fourth-order valence-electron chi connectivity index (χ4n) is 2.42. The van der Waals surface area contributed by atoms with Crippen LogP contribution in [0.5, 0.6) is 0 Å². The minimum atomic E-state index is 0.289. The summed E-state index contributed by atoms with van der Waals surface area (Å²) in [6.45, 7) is 4.10. The maximum atomic E-state index is 5.75. The molecule has 3 N–H and O–H groups in total. The van der Waals surface area contributed by atoms with Crippen LogP contribution in [0.2, 0.25) is 0 Å². The van der Waals surface area contributed by atoms with Gasteiger partial charge in [-0.3, -0.25) is 0 Å². The Hall–Kier alpha value is -1.85. The first kappa shape index (κ1) is 11.3. The summed E-state index contributed by atoms with van der Waals surface area (Å²) in [4.78, 5) is 18.0. The van der Waals surface area contributed by atoms with Crippen LogP contribution in [0.25, 0.3) is 11.2 Å². The van der Waals surface area contributed by atoms with Crippen molar-refractivity contribution in [2.24, 2.45) is 5.92 Å². The molecule has 0 radical (unpaired) electrons. The van der Waals surface area contributed by atoms with Crippen molar-refractivity contribution < 1.29 is 0 Å². The zero-order valence-corrected chi connectivity index (χ0v) is 10.6. The van der Waals surface area contributed by atoms with Gasteiger partial charge in [-0.25, -0.2) is 4.98 Å². The summed E-state index contributed by atoms with van der Waals surface area (Å²) in [5, 5.41) is 0. The Morgan fingerprint density at radius 3 is 2.94 bits per heavy atom. The molecule has 1 fully saturated rings. The third-order valence-corrected chi connectivity index (χ3v) is 3.67. The molecule has 0 saturated heterocycles. The summed E-state index contributed by atoms with van der Waals surface area (Å²) >= 11 is 0. The number of H-pyrrole nitrogens is 1. The molecule has 0 spiro atoms. The Kier molecular flexibility index (Phi) is 2.77. The van der Waals surface area contributed by atoms with E-state index in [1.54, 1.807) is 6.33 Å². The van der Waals surface area contributed by atoms with E-state index in [0.717, 1.165) is 30.3 Å². The molecule has 1 saturated carbocycles. The molecule has 0 unspecified atom stereocenters. The van der Waals surface area contributed by atoms with Gasteiger partial charge >= 0.3 is 0 Å². The number of fused-ring (bicyclic) bond motifs is 1. The third-order valence-electron chi connectivity index (χ3n) is 3.67. The molecule has 0 bridgehead atoms. The minimum absolute atomic E-state index is 0.289. The highest BCUT2D eigenvalue weighted by Gasteiger charge is 2.22. The lowest BCUT2D eigenvalue weighted by molar-refractivity contribution is 0.318. The quantitative estimate of drug-likeness (QED) is 0.855. The van der Waals surface area contributed by atoms with Crippen LogP contribution in [-0.4, -0.2) is 33.0 Å². The second kappa shape index (κ2) is 4.44. The van der Waals surface area contributed by atoms with Crippen LogP contribution in [0.1, 0.15) is 26.2 Å². The van der Waals surface area contributed by atoms with Crippen molar-refractivity contribution >= 4 is 22.9 Å². The lowest BCUT2D eigenvalue weighted by Gasteiger charge is -2.32. The van der Waals surface area contributed by atoms with Crippen LogP contribution >= 0.6 is 0 Å². The van der Waals surface area contributed by atoms with Gasteiger partial charge in [0.2, 0.25) is 5.95 Å². The minimum Gasteiger partial charge on any atom is -0.368 e. The summed E-state index contributed by atoms with van der Waals surface area (Å²) in [6.07, 6.45) is 5.64. The van der Waals surface area contributed by atoms with E-state index in [1.807, 2.05) is 0 Å². The molecule has 0 amide bonds. The SMILES string of the molecule is CCN(CC1CCC1)c1nc(N)nc2nc[nH]c12. The summed E-state index contributed by atoms with van der Waals surface area (Å²) in [5.74, 6) is 1.96. The second-order valence-corrected chi connectivity index (χ2v) is 4.84. The Morgan fingerprint density at radius 2 is 2.28 bits per heavy atom. The molecule has 6 heteroatoms. The predicted molar refractivity (Wildman–Crippen MR) is 71.3 cm³/mol. The normalized spacial score (nSPS) is 15.8. The highest BCUT2D eigenvalue weighted by atomic mass is 15.2. The number of nitrogen functional groups attached to an aromatic ring is 1. The molecular formula is C12H18N6. The Balaban J connectivity index is 1.96. The molecule has 2 heterocycles. The van der Waals surface area contributed by atoms with Gasteiger partial charge in [-0.15, -0.1) is 0 Å². The smallest absolute Gasteiger partial charge is 0.224 e. The number of hydrogen-bond donors (Lipinski definition) is 2. The molecule has 2 aromatic rings. The number of nitrogens with zero attached hydrogens (tertiary/aromatic N) is 4. The van der Waals surface area contributed by atoms with Crippen molar-refractivity contribution in [3.63, 3.8) is 0 Å². The van der Waals surface area contributed by atoms with Crippen molar-refractivity contribution in [3.8, 4) is 0 Å². The molecule has 1 aliphatic carbocycles. The van der Waals surface area contributed by atoms with E-state index in [2.05, 4.69) is 31.8 Å². The molecule has 96 valence electrons. The third kappa shape index (κ3) is 1.87. The maximum Gasteiger partial charge on any atom is 0.224 e. The first-order valence-corrected chi connectivity index (χ1v) is 6.49. The van der Waals surface area contributed by atoms with Gasteiger partial charge in [0.25, 0.3) is 0 Å². The number of aromatic nitrogens is 4. The predicted octanol–water partition coefficient (Wildman–Crippen LogP) is 1.56. The number of nitrogens with one attached hydrogen (secondary N) is 1. The maximum absolute atomic E-state index is 5.75. The first-order chi connectivity index (χ1) is 8.78. The van der Waals surface area contributed by atoms with Gasteiger partial charge in [0.05, 0.1) is 6.33 Å². The van der Waals surface area contributed by atoms with Gasteiger partial charge in [0.15, 0.2) is 11.5 Å². The van der Waals surface area contributed by atoms with Gasteiger partial charge in [-0.05, 0) is 25.7 Å². The van der Waals surface area contributed by atoms with Crippen LogP contribution in [-0.2, 0) is 0 Å². The standard InChI is InChI=1S/C12H18N6/c1-2-18(6-8-4-3-5-8)11-9-10(15-7-14-9)16-12(13)17-11/h7-8H,2-6H2,1H3,(H3,13,14,15,16,17). The van der Waals surface area contributed by atoms with Crippen LogP contribution in [0.3, 0.4) is 0 Å². The first-order valence-electron chi connectivity index (χ1n) is 6.49. The van der Waals surface area contributed by atoms with Gasteiger partial charge in [-0.1, -0.05) is 6.42 Å². The molecule has 18 heavy (non-hydrogen) atoms. The van der Waals surface area contributed by atoms with Crippen molar-refractivity contribution in [3.05, 3.63) is 6.33 Å². The van der Waals surface area contributed by atoms with Crippen LogP contribution < -0.4 is 10.6 Å². The van der Waals surface area contributed by atoms with Crippen molar-refractivity contribution in [1.29, 1.82) is 0 Å². The number of rotatable bonds is 4. The molecule has 2 aromatic heterocycles. The second-order valence-electron chi connectivity index (χ2n) is 4.84. The molecular weight excluding hydrogens is 228 g/mol. The number of hydrogen-bond acceptors (Lipinski definition) is 5. The van der Waals surface area contributed by atoms with Gasteiger partial charge in [-0.2, -0.15) is 9.97 Å². The largest absolute Gasteiger partial charge is 0.368 e. The fourth-order valence-corrected chi connectivity index (χ4v) is 2.42. The van der Waals surface area contributed by atoms with Gasteiger partial charge in [0, 0.05) is 13.1 Å². The van der Waals surface area contributed by atoms with E-state index in [9.17, 15) is 0 Å². The average molecular weight is 246 g/mol. The summed E-state index contributed by atoms with van der Waals surface area (Å²) < 4.78 is 0. The lowest BCUT2D eigenvalue weighted by Crippen LogP contribution is -2.33. The van der Waals surface area contributed by atoms with E-state index in [-0.39, 0.29) is 5.95 Å². The number of anilines is 2. The van der Waals surface area contributed by atoms with Crippen molar-refractivity contribution in [2.75, 3.05) is 23.7 Å². The number of nitrogens with two attached hydrogens (primary N) is 1. The average Bonchev–Trinajstić information content (AvgIpc) is 2.75. The number of imidazole rings is 1. The topological polar surface area (TPSA) is 83.7 Å². The number of aromatic amines is 1. The zero-order chi connectivity index (χ0) is 12.5. The van der Waals surface area contributed by atoms with Gasteiger partial charge < -0.3 is 15.6 Å². The fraction of sp³-hybridized carbons (Fsp3) is 0.583. The molecule has 0 aliphatic heterocycles. The summed E-state index contributed by atoms with van der Waals surface area (Å²) in [7, 11) is 0. The van der Waals surface area contributed by atoms with Crippen LogP contribution in [0.15, 0.2) is 6.33 Å². The van der Waals surface area contributed by atoms with E-state index in [4.69, 9.17) is 5.73 Å². The monoisotopic (exact) mass is 246 g/mol. The Morgan fingerprint density at radius 1 is 1.44 bits per heavy atom. The lowest BCUT2D eigenvalue weighted by atomic mass is 9.85. The zero-order valence-electron chi connectivity index (χ0n) is 10.6. The molecule has 0 aromatic carbocycles. The highest BCUT2D eigenvalue weighted by molar-refractivity contribution is 5.84. The van der Waals surface area contributed by atoms with Gasteiger partial charge in [0.1, 0.15) is 5.52 Å². The molecule has 6 nitrogen and oxygen atoms in total. The van der Waals surface area contributed by atoms with Crippen molar-refractivity contribution in [2.45, 2.75) is 26.2 Å². The Labute approximate surface area is 106 Å². The van der Waals surface area contributed by atoms with Crippen LogP contribution in [0.4, 0.5) is 11.8 Å². The molecule has 1 aliphatic rings. The highest BCUT2D eigenvalue weighted by Crippen LogP contribution is 2.30. The van der Waals surface area contributed by atoms with Crippen molar-refractivity contribution in [1.82, 2.24) is 19.9 Å². The molecule has 0 atom stereocenters. The summed E-state index contributed by atoms with van der Waals surface area (Å²) in [6, 6.07) is 0. The molecule has 3 rings (SSSR count). The van der Waals surface area contributed by atoms with E-state index < -0.39 is 0 Å².